The first kappa shape index (κ1) is 21.2. The average Bonchev–Trinajstić information content (AvgIpc) is 2.62. The fourth-order valence-corrected chi connectivity index (χ4v) is 2.26. The highest BCUT2D eigenvalue weighted by Crippen LogP contribution is 2.18. The van der Waals surface area contributed by atoms with E-state index in [1.807, 2.05) is 43.3 Å². The van der Waals surface area contributed by atoms with Crippen LogP contribution in [0.15, 0.2) is 54.2 Å². The minimum Gasteiger partial charge on any atom is -0.378 e. The molecule has 28 heavy (non-hydrogen) atoms. The Balaban J connectivity index is 2.34. The number of rotatable bonds is 5. The summed E-state index contributed by atoms with van der Waals surface area (Å²) in [6, 6.07) is 13.4. The Hall–Kier alpha value is -3.15. The summed E-state index contributed by atoms with van der Waals surface area (Å²) in [5.41, 5.74) is 1.14. The van der Waals surface area contributed by atoms with Gasteiger partial charge >= 0.3 is 0 Å². The second-order valence-corrected chi connectivity index (χ2v) is 7.68. The molecule has 0 atom stereocenters. The Kier molecular flexibility index (Phi) is 6.57. The number of carbonyl (C=O) groups is 2. The SMILES string of the molecule is CN(C)c1ccc(/C=C(/NC(=O)C(C)(C)C)C(=O)Nc2ccccc2F)cc1. The van der Waals surface area contributed by atoms with Crippen molar-refractivity contribution in [3.05, 3.63) is 65.6 Å². The van der Waals surface area contributed by atoms with Gasteiger partial charge in [0.1, 0.15) is 11.5 Å². The Morgan fingerprint density at radius 3 is 2.14 bits per heavy atom. The van der Waals surface area contributed by atoms with Crippen molar-refractivity contribution in [2.45, 2.75) is 20.8 Å². The fourth-order valence-electron chi connectivity index (χ4n) is 2.26. The molecule has 0 aliphatic heterocycles. The molecule has 0 spiro atoms. The van der Waals surface area contributed by atoms with E-state index in [-0.39, 0.29) is 17.3 Å². The maximum atomic E-state index is 13.9. The molecule has 0 aliphatic rings. The number of hydrogen-bond donors (Lipinski definition) is 2. The van der Waals surface area contributed by atoms with Gasteiger partial charge in [-0.2, -0.15) is 0 Å². The van der Waals surface area contributed by atoms with Crippen LogP contribution in [0.3, 0.4) is 0 Å². The van der Waals surface area contributed by atoms with Gasteiger partial charge in [-0.05, 0) is 35.9 Å². The van der Waals surface area contributed by atoms with E-state index in [4.69, 9.17) is 0 Å². The number of anilines is 2. The summed E-state index contributed by atoms with van der Waals surface area (Å²) in [7, 11) is 3.86. The van der Waals surface area contributed by atoms with Crippen LogP contribution in [-0.4, -0.2) is 25.9 Å². The highest BCUT2D eigenvalue weighted by molar-refractivity contribution is 6.09. The third-order valence-corrected chi connectivity index (χ3v) is 4.02. The van der Waals surface area contributed by atoms with Crippen LogP contribution in [0, 0.1) is 11.2 Å². The standard InChI is InChI=1S/C22H26FN3O2/c1-22(2,3)21(28)25-19(14-15-10-12-16(13-11-15)26(4)5)20(27)24-18-9-7-6-8-17(18)23/h6-14H,1-5H3,(H,24,27)(H,25,28)/b19-14+. The van der Waals surface area contributed by atoms with Gasteiger partial charge in [0.15, 0.2) is 0 Å². The second-order valence-electron chi connectivity index (χ2n) is 7.68. The lowest BCUT2D eigenvalue weighted by Gasteiger charge is -2.19. The monoisotopic (exact) mass is 383 g/mol. The molecule has 148 valence electrons. The first-order valence-electron chi connectivity index (χ1n) is 8.94. The van der Waals surface area contributed by atoms with Crippen molar-refractivity contribution in [1.29, 1.82) is 0 Å². The van der Waals surface area contributed by atoms with E-state index in [1.165, 1.54) is 18.2 Å². The van der Waals surface area contributed by atoms with Gasteiger partial charge in [-0.1, -0.05) is 45.0 Å². The Bertz CT molecular complexity index is 881. The average molecular weight is 383 g/mol. The topological polar surface area (TPSA) is 61.4 Å². The van der Waals surface area contributed by atoms with Crippen LogP contribution in [0.4, 0.5) is 15.8 Å². The molecule has 2 N–H and O–H groups in total. The van der Waals surface area contributed by atoms with Gasteiger partial charge in [0.05, 0.1) is 5.69 Å². The highest BCUT2D eigenvalue weighted by atomic mass is 19.1. The zero-order valence-corrected chi connectivity index (χ0v) is 16.8. The highest BCUT2D eigenvalue weighted by Gasteiger charge is 2.24. The number of para-hydroxylation sites is 1. The molecule has 0 bridgehead atoms. The third-order valence-electron chi connectivity index (χ3n) is 4.02. The molecule has 6 heteroatoms. The first-order chi connectivity index (χ1) is 13.1. The maximum Gasteiger partial charge on any atom is 0.272 e. The van der Waals surface area contributed by atoms with Gasteiger partial charge in [0, 0.05) is 25.2 Å². The molecule has 0 fully saturated rings. The van der Waals surface area contributed by atoms with Crippen LogP contribution in [0.25, 0.3) is 6.08 Å². The number of nitrogens with one attached hydrogen (secondary N) is 2. The zero-order valence-electron chi connectivity index (χ0n) is 16.8. The summed E-state index contributed by atoms with van der Waals surface area (Å²) < 4.78 is 13.9. The molecule has 0 heterocycles. The predicted molar refractivity (Wildman–Crippen MR) is 111 cm³/mol. The number of amides is 2. The van der Waals surface area contributed by atoms with Crippen LogP contribution in [0.2, 0.25) is 0 Å². The molecule has 2 aromatic rings. The van der Waals surface area contributed by atoms with Gasteiger partial charge in [-0.3, -0.25) is 9.59 Å². The van der Waals surface area contributed by atoms with Crippen molar-refractivity contribution in [2.24, 2.45) is 5.41 Å². The van der Waals surface area contributed by atoms with Gasteiger partial charge in [0.2, 0.25) is 5.91 Å². The van der Waals surface area contributed by atoms with Crippen molar-refractivity contribution in [3.63, 3.8) is 0 Å². The molecule has 2 aromatic carbocycles. The molecular weight excluding hydrogens is 357 g/mol. The van der Waals surface area contributed by atoms with E-state index in [0.717, 1.165) is 11.3 Å². The van der Waals surface area contributed by atoms with E-state index in [9.17, 15) is 14.0 Å². The van der Waals surface area contributed by atoms with E-state index in [2.05, 4.69) is 10.6 Å². The number of benzene rings is 2. The summed E-state index contributed by atoms with van der Waals surface area (Å²) >= 11 is 0. The summed E-state index contributed by atoms with van der Waals surface area (Å²) in [4.78, 5) is 27.1. The molecule has 0 saturated carbocycles. The van der Waals surface area contributed by atoms with E-state index < -0.39 is 17.1 Å². The van der Waals surface area contributed by atoms with Crippen LogP contribution in [0.1, 0.15) is 26.3 Å². The van der Waals surface area contributed by atoms with Gasteiger partial charge < -0.3 is 15.5 Å². The minimum atomic E-state index is -0.688. The minimum absolute atomic E-state index is 0.0424. The van der Waals surface area contributed by atoms with E-state index in [0.29, 0.717) is 0 Å². The van der Waals surface area contributed by atoms with Crippen LogP contribution in [-0.2, 0) is 9.59 Å². The number of halogens is 1. The Morgan fingerprint density at radius 1 is 1.00 bits per heavy atom. The molecule has 2 amide bonds. The van der Waals surface area contributed by atoms with Crippen molar-refractivity contribution in [2.75, 3.05) is 24.3 Å². The zero-order chi connectivity index (χ0) is 20.9. The quantitative estimate of drug-likeness (QED) is 0.766. The summed E-state index contributed by atoms with van der Waals surface area (Å²) in [6.07, 6.45) is 1.57. The molecular formula is C22H26FN3O2. The molecule has 0 aromatic heterocycles. The van der Waals surface area contributed by atoms with Crippen LogP contribution in [0.5, 0.6) is 0 Å². The lowest BCUT2D eigenvalue weighted by molar-refractivity contribution is -0.128. The number of hydrogen-bond acceptors (Lipinski definition) is 3. The molecule has 0 saturated heterocycles. The largest absolute Gasteiger partial charge is 0.378 e. The van der Waals surface area contributed by atoms with Crippen molar-refractivity contribution in [1.82, 2.24) is 5.32 Å². The van der Waals surface area contributed by atoms with Gasteiger partial charge in [-0.15, -0.1) is 0 Å². The van der Waals surface area contributed by atoms with Crippen LogP contribution >= 0.6 is 0 Å². The molecule has 0 aliphatic carbocycles. The third kappa shape index (κ3) is 5.67. The molecule has 0 radical (unpaired) electrons. The normalized spacial score (nSPS) is 11.7. The van der Waals surface area contributed by atoms with Crippen LogP contribution < -0.4 is 15.5 Å². The van der Waals surface area contributed by atoms with Crippen molar-refractivity contribution < 1.29 is 14.0 Å². The smallest absolute Gasteiger partial charge is 0.272 e. The Labute approximate surface area is 165 Å². The number of nitrogens with zero attached hydrogens (tertiary/aromatic N) is 1. The summed E-state index contributed by atoms with van der Waals surface area (Å²) in [5, 5.41) is 5.17. The van der Waals surface area contributed by atoms with E-state index >= 15 is 0 Å². The number of carbonyl (C=O) groups excluding carboxylic acids is 2. The first-order valence-corrected chi connectivity index (χ1v) is 8.94. The van der Waals surface area contributed by atoms with Gasteiger partial charge in [0.25, 0.3) is 5.91 Å². The summed E-state index contributed by atoms with van der Waals surface area (Å²) in [6.45, 7) is 5.25. The van der Waals surface area contributed by atoms with E-state index in [1.54, 1.807) is 32.9 Å². The summed E-state index contributed by atoms with van der Waals surface area (Å²) in [5.74, 6) is -1.46. The molecule has 0 unspecified atom stereocenters. The van der Waals surface area contributed by atoms with Crippen molar-refractivity contribution >= 4 is 29.3 Å². The lowest BCUT2D eigenvalue weighted by atomic mass is 9.95. The lowest BCUT2D eigenvalue weighted by Crippen LogP contribution is -2.38. The Morgan fingerprint density at radius 2 is 1.61 bits per heavy atom. The maximum absolute atomic E-state index is 13.9. The molecule has 2 rings (SSSR count). The van der Waals surface area contributed by atoms with Crippen molar-refractivity contribution in [3.8, 4) is 0 Å². The fraction of sp³-hybridized carbons (Fsp3) is 0.273. The van der Waals surface area contributed by atoms with Gasteiger partial charge in [-0.25, -0.2) is 4.39 Å². The molecule has 5 nitrogen and oxygen atoms in total. The predicted octanol–water partition coefficient (Wildman–Crippen LogP) is 4.03. The second kappa shape index (κ2) is 8.69.